The van der Waals surface area contributed by atoms with Crippen molar-refractivity contribution in [2.24, 2.45) is 29.8 Å². The van der Waals surface area contributed by atoms with E-state index >= 15 is 0 Å². The van der Waals surface area contributed by atoms with Crippen molar-refractivity contribution in [3.8, 4) is 0 Å². The van der Waals surface area contributed by atoms with E-state index in [1.165, 1.54) is 37.0 Å². The van der Waals surface area contributed by atoms with Gasteiger partial charge in [-0.05, 0) is 37.0 Å². The number of hydrogen-bond donors (Lipinski definition) is 0. The minimum Gasteiger partial charge on any atom is -0.327 e. The fraction of sp³-hybridized carbons (Fsp3) is 0.692. The molecule has 0 spiro atoms. The number of nitrogens with zero attached hydrogens (tertiary/aromatic N) is 2. The largest absolute Gasteiger partial charge is 0.327 e. The summed E-state index contributed by atoms with van der Waals surface area (Å²) >= 11 is 1.53. The molecule has 0 aliphatic heterocycles. The zero-order valence-electron chi connectivity index (χ0n) is 10.1. The first-order valence-electron chi connectivity index (χ1n) is 6.40. The number of rotatable bonds is 2. The fourth-order valence-electron chi connectivity index (χ4n) is 3.44. The van der Waals surface area contributed by atoms with Gasteiger partial charge >= 0.3 is 0 Å². The second kappa shape index (κ2) is 4.41. The molecule has 1 aromatic heterocycles. The van der Waals surface area contributed by atoms with Crippen molar-refractivity contribution < 1.29 is 4.79 Å². The van der Waals surface area contributed by atoms with Gasteiger partial charge in [0.05, 0.1) is 0 Å². The summed E-state index contributed by atoms with van der Waals surface area (Å²) in [6.45, 7) is 0. The Bertz CT molecular complexity index is 488. The Morgan fingerprint density at radius 2 is 2.41 bits per heavy atom. The van der Waals surface area contributed by atoms with Gasteiger partial charge in [0.2, 0.25) is 5.91 Å². The molecule has 2 fully saturated rings. The second-order valence-corrected chi connectivity index (χ2v) is 6.31. The van der Waals surface area contributed by atoms with Crippen molar-refractivity contribution in [2.45, 2.75) is 32.1 Å². The molecule has 1 aromatic rings. The summed E-state index contributed by atoms with van der Waals surface area (Å²) in [6.07, 6.45) is 7.97. The number of aryl methyl sites for hydroxylation is 1. The van der Waals surface area contributed by atoms with Gasteiger partial charge in [0.15, 0.2) is 4.80 Å². The molecule has 1 heterocycles. The molecule has 0 saturated heterocycles. The van der Waals surface area contributed by atoms with Crippen LogP contribution >= 0.6 is 11.3 Å². The van der Waals surface area contributed by atoms with Crippen LogP contribution in [-0.2, 0) is 11.8 Å². The predicted molar refractivity (Wildman–Crippen MR) is 67.4 cm³/mol. The van der Waals surface area contributed by atoms with E-state index in [1.807, 2.05) is 23.2 Å². The van der Waals surface area contributed by atoms with Crippen LogP contribution in [0, 0.1) is 17.8 Å². The molecule has 3 atom stereocenters. The van der Waals surface area contributed by atoms with Crippen molar-refractivity contribution in [2.75, 3.05) is 0 Å². The maximum absolute atomic E-state index is 11.9. The standard InChI is InChI=1S/C13H18N2OS/c1-15-4-5-17-13(15)14-12(16)8-11-7-9-2-3-10(11)6-9/h4-5,9-11H,2-3,6-8H2,1H3/t9-,10-,11+/m1/s1. The van der Waals surface area contributed by atoms with Crippen LogP contribution < -0.4 is 4.80 Å². The van der Waals surface area contributed by atoms with Crippen LogP contribution in [0.1, 0.15) is 32.1 Å². The van der Waals surface area contributed by atoms with Crippen molar-refractivity contribution in [3.63, 3.8) is 0 Å². The summed E-state index contributed by atoms with van der Waals surface area (Å²) in [5.74, 6) is 2.42. The average Bonchev–Trinajstić information content (AvgIpc) is 2.96. The van der Waals surface area contributed by atoms with E-state index in [2.05, 4.69) is 4.99 Å². The minimum absolute atomic E-state index is 0.0700. The maximum atomic E-state index is 11.9. The molecule has 2 bridgehead atoms. The third-order valence-electron chi connectivity index (χ3n) is 4.30. The number of carbonyl (C=O) groups is 1. The van der Waals surface area contributed by atoms with E-state index < -0.39 is 0 Å². The molecule has 2 aliphatic rings. The molecule has 92 valence electrons. The Kier molecular flexibility index (Phi) is 2.90. The van der Waals surface area contributed by atoms with Gasteiger partial charge in [0.25, 0.3) is 0 Å². The van der Waals surface area contributed by atoms with Gasteiger partial charge in [-0.25, -0.2) is 0 Å². The van der Waals surface area contributed by atoms with Crippen LogP contribution in [0.2, 0.25) is 0 Å². The number of hydrogen-bond acceptors (Lipinski definition) is 2. The Morgan fingerprint density at radius 1 is 1.53 bits per heavy atom. The van der Waals surface area contributed by atoms with Crippen LogP contribution in [0.4, 0.5) is 0 Å². The van der Waals surface area contributed by atoms with Gasteiger partial charge in [-0.2, -0.15) is 4.99 Å². The highest BCUT2D eigenvalue weighted by atomic mass is 32.1. The van der Waals surface area contributed by atoms with Crippen LogP contribution in [0.3, 0.4) is 0 Å². The van der Waals surface area contributed by atoms with E-state index in [0.717, 1.165) is 16.6 Å². The summed E-state index contributed by atoms with van der Waals surface area (Å²) in [7, 11) is 1.93. The molecule has 17 heavy (non-hydrogen) atoms. The molecule has 4 heteroatoms. The normalized spacial score (nSPS) is 32.3. The second-order valence-electron chi connectivity index (χ2n) is 5.44. The van der Waals surface area contributed by atoms with Crippen LogP contribution in [0.25, 0.3) is 0 Å². The third-order valence-corrected chi connectivity index (χ3v) is 5.15. The van der Waals surface area contributed by atoms with E-state index in [4.69, 9.17) is 0 Å². The monoisotopic (exact) mass is 250 g/mol. The van der Waals surface area contributed by atoms with Crippen molar-refractivity contribution in [1.82, 2.24) is 4.57 Å². The van der Waals surface area contributed by atoms with E-state index in [0.29, 0.717) is 12.3 Å². The molecule has 3 nitrogen and oxygen atoms in total. The van der Waals surface area contributed by atoms with Crippen molar-refractivity contribution >= 4 is 17.2 Å². The van der Waals surface area contributed by atoms with Gasteiger partial charge < -0.3 is 4.57 Å². The lowest BCUT2D eigenvalue weighted by Gasteiger charge is -2.19. The lowest BCUT2D eigenvalue weighted by Crippen LogP contribution is -2.17. The van der Waals surface area contributed by atoms with Gasteiger partial charge in [0.1, 0.15) is 0 Å². The summed E-state index contributed by atoms with van der Waals surface area (Å²) in [4.78, 5) is 16.9. The first kappa shape index (κ1) is 11.2. The molecule has 3 rings (SSSR count). The molecule has 0 radical (unpaired) electrons. The van der Waals surface area contributed by atoms with Crippen molar-refractivity contribution in [1.29, 1.82) is 0 Å². The third kappa shape index (κ3) is 2.23. The van der Waals surface area contributed by atoms with Gasteiger partial charge in [0, 0.05) is 25.0 Å². The number of aromatic nitrogens is 1. The average molecular weight is 250 g/mol. The van der Waals surface area contributed by atoms with Crippen LogP contribution in [-0.4, -0.2) is 10.5 Å². The molecular formula is C13H18N2OS. The predicted octanol–water partition coefficient (Wildman–Crippen LogP) is 2.34. The molecule has 1 amide bonds. The van der Waals surface area contributed by atoms with Gasteiger partial charge in [-0.15, -0.1) is 11.3 Å². The summed E-state index contributed by atoms with van der Waals surface area (Å²) in [6, 6.07) is 0. The minimum atomic E-state index is 0.0700. The van der Waals surface area contributed by atoms with Crippen LogP contribution in [0.5, 0.6) is 0 Å². The first-order chi connectivity index (χ1) is 8.22. The highest BCUT2D eigenvalue weighted by Gasteiger charge is 2.39. The van der Waals surface area contributed by atoms with E-state index in [-0.39, 0.29) is 5.91 Å². The Morgan fingerprint density at radius 3 is 3.00 bits per heavy atom. The summed E-state index contributed by atoms with van der Waals surface area (Å²) in [5, 5.41) is 1.96. The number of fused-ring (bicyclic) bond motifs is 2. The molecule has 2 aliphatic carbocycles. The topological polar surface area (TPSA) is 34.4 Å². The highest BCUT2D eigenvalue weighted by Crippen LogP contribution is 2.49. The fourth-order valence-corrected chi connectivity index (χ4v) is 4.18. The Hall–Kier alpha value is -0.900. The van der Waals surface area contributed by atoms with Crippen LogP contribution in [0.15, 0.2) is 16.6 Å². The highest BCUT2D eigenvalue weighted by molar-refractivity contribution is 7.07. The molecule has 0 aromatic carbocycles. The molecule has 2 saturated carbocycles. The SMILES string of the molecule is Cn1ccsc1=NC(=O)C[C@@H]1C[C@@H]2CC[C@@H]1C2. The summed E-state index contributed by atoms with van der Waals surface area (Å²) < 4.78 is 1.91. The Labute approximate surface area is 105 Å². The zero-order chi connectivity index (χ0) is 11.8. The van der Waals surface area contributed by atoms with Gasteiger partial charge in [-0.3, -0.25) is 4.79 Å². The molecule has 0 N–H and O–H groups in total. The lowest BCUT2D eigenvalue weighted by molar-refractivity contribution is -0.119. The molecular weight excluding hydrogens is 232 g/mol. The smallest absolute Gasteiger partial charge is 0.248 e. The maximum Gasteiger partial charge on any atom is 0.248 e. The quantitative estimate of drug-likeness (QED) is 0.793. The lowest BCUT2D eigenvalue weighted by atomic mass is 9.86. The zero-order valence-corrected chi connectivity index (χ0v) is 10.9. The number of amides is 1. The number of carbonyl (C=O) groups excluding carboxylic acids is 1. The summed E-state index contributed by atoms with van der Waals surface area (Å²) in [5.41, 5.74) is 0. The molecule has 0 unspecified atom stereocenters. The van der Waals surface area contributed by atoms with Crippen molar-refractivity contribution in [3.05, 3.63) is 16.4 Å². The first-order valence-corrected chi connectivity index (χ1v) is 7.28. The van der Waals surface area contributed by atoms with E-state index in [1.54, 1.807) is 0 Å². The number of thiazole rings is 1. The van der Waals surface area contributed by atoms with E-state index in [9.17, 15) is 4.79 Å². The van der Waals surface area contributed by atoms with Gasteiger partial charge in [-0.1, -0.05) is 6.42 Å². The Balaban J connectivity index is 1.67.